The zero-order valence-electron chi connectivity index (χ0n) is 19.7. The van der Waals surface area contributed by atoms with E-state index in [1.165, 1.54) is 66.6 Å². The average molecular weight is 418 g/mol. The van der Waals surface area contributed by atoms with Crippen molar-refractivity contribution in [3.05, 3.63) is 94.7 Å². The van der Waals surface area contributed by atoms with Crippen LogP contribution in [0.4, 0.5) is 0 Å². The van der Waals surface area contributed by atoms with Crippen LogP contribution < -0.4 is 4.57 Å². The van der Waals surface area contributed by atoms with Crippen LogP contribution in [0.1, 0.15) is 41.7 Å². The van der Waals surface area contributed by atoms with Crippen molar-refractivity contribution in [2.45, 2.75) is 40.0 Å². The van der Waals surface area contributed by atoms with Crippen LogP contribution in [0.2, 0.25) is 0 Å². The Morgan fingerprint density at radius 1 is 0.781 bits per heavy atom. The third-order valence-electron chi connectivity index (χ3n) is 7.65. The number of hydrogen-bond acceptors (Lipinski definition) is 0. The molecule has 0 fully saturated rings. The first kappa shape index (κ1) is 19.3. The molecule has 2 nitrogen and oxygen atoms in total. The van der Waals surface area contributed by atoms with Crippen molar-refractivity contribution >= 4 is 21.8 Å². The summed E-state index contributed by atoms with van der Waals surface area (Å²) in [5.74, 6) is 1.21. The lowest BCUT2D eigenvalue weighted by atomic mass is 9.83. The van der Waals surface area contributed by atoms with Gasteiger partial charge in [0.1, 0.15) is 11.0 Å². The summed E-state index contributed by atoms with van der Waals surface area (Å²) in [6.07, 6.45) is 2.33. The lowest BCUT2D eigenvalue weighted by Gasteiger charge is -2.21. The van der Waals surface area contributed by atoms with Gasteiger partial charge in [0, 0.05) is 27.8 Å². The first-order valence-corrected chi connectivity index (χ1v) is 11.4. The van der Waals surface area contributed by atoms with Gasteiger partial charge in [-0.25, -0.2) is 4.57 Å². The second-order valence-electron chi connectivity index (χ2n) is 10.0. The fourth-order valence-corrected chi connectivity index (χ4v) is 5.73. The maximum atomic E-state index is 2.48. The van der Waals surface area contributed by atoms with Gasteiger partial charge in [-0.05, 0) is 66.8 Å². The number of hydrogen-bond donors (Lipinski definition) is 0. The first-order chi connectivity index (χ1) is 15.3. The van der Waals surface area contributed by atoms with Crippen LogP contribution in [-0.2, 0) is 12.5 Å². The number of nitrogens with zero attached hydrogens (tertiary/aromatic N) is 2. The van der Waals surface area contributed by atoms with Crippen LogP contribution >= 0.6 is 0 Å². The Morgan fingerprint density at radius 2 is 1.56 bits per heavy atom. The first-order valence-electron chi connectivity index (χ1n) is 11.4. The van der Waals surface area contributed by atoms with E-state index in [0.29, 0.717) is 0 Å². The molecular formula is C30H29N2+. The summed E-state index contributed by atoms with van der Waals surface area (Å²) >= 11 is 0. The van der Waals surface area contributed by atoms with E-state index in [1.54, 1.807) is 0 Å². The number of pyridine rings is 1. The molecule has 0 atom stereocenters. The molecule has 0 unspecified atom stereocenters. The number of fused-ring (bicyclic) bond motifs is 6. The minimum absolute atomic E-state index is 0.0186. The molecule has 3 aromatic carbocycles. The number of benzene rings is 3. The van der Waals surface area contributed by atoms with E-state index in [4.69, 9.17) is 0 Å². The Kier molecular flexibility index (Phi) is 3.81. The molecule has 2 heteroatoms. The van der Waals surface area contributed by atoms with Crippen LogP contribution in [-0.4, -0.2) is 4.57 Å². The zero-order chi connectivity index (χ0) is 22.4. The molecule has 0 radical (unpaired) electrons. The Bertz CT molecular complexity index is 1580. The summed E-state index contributed by atoms with van der Waals surface area (Å²) in [7, 11) is 2.18. The molecule has 2 heterocycles. The highest BCUT2D eigenvalue weighted by Gasteiger charge is 2.38. The fraction of sp³-hybridized carbons (Fsp3) is 0.233. The van der Waals surface area contributed by atoms with Gasteiger partial charge in [0.25, 0.3) is 5.82 Å². The molecule has 1 aliphatic rings. The van der Waals surface area contributed by atoms with Crippen LogP contribution in [0.25, 0.3) is 38.8 Å². The van der Waals surface area contributed by atoms with Gasteiger partial charge in [-0.15, -0.1) is 0 Å². The molecule has 0 saturated carbocycles. The van der Waals surface area contributed by atoms with Crippen LogP contribution in [0.15, 0.2) is 66.9 Å². The summed E-state index contributed by atoms with van der Waals surface area (Å²) in [6, 6.07) is 22.7. The van der Waals surface area contributed by atoms with E-state index < -0.39 is 0 Å². The van der Waals surface area contributed by atoms with Gasteiger partial charge >= 0.3 is 0 Å². The van der Waals surface area contributed by atoms with Gasteiger partial charge in [-0.2, -0.15) is 4.57 Å². The predicted molar refractivity (Wildman–Crippen MR) is 134 cm³/mol. The van der Waals surface area contributed by atoms with E-state index in [-0.39, 0.29) is 5.41 Å². The number of aryl methyl sites for hydroxylation is 4. The summed E-state index contributed by atoms with van der Waals surface area (Å²) in [4.78, 5) is 0. The van der Waals surface area contributed by atoms with Crippen molar-refractivity contribution in [1.82, 2.24) is 4.57 Å². The van der Waals surface area contributed by atoms with Crippen molar-refractivity contribution in [3.63, 3.8) is 0 Å². The van der Waals surface area contributed by atoms with Crippen molar-refractivity contribution in [2.24, 2.45) is 7.05 Å². The standard InChI is InChI=1S/C30H29N2/c1-18-11-14-27-23(15-18)22-13-12-19(2)20(3)29(22)32(27)28-16-26-24(17-31(28)6)21-9-7-8-10-25(21)30(26,4)5/h7-17H,1-6H3/q+1. The van der Waals surface area contributed by atoms with Gasteiger partial charge in [-0.1, -0.05) is 55.8 Å². The Balaban J connectivity index is 1.75. The van der Waals surface area contributed by atoms with Crippen LogP contribution in [0, 0.1) is 20.8 Å². The molecule has 6 rings (SSSR count). The van der Waals surface area contributed by atoms with E-state index in [2.05, 4.69) is 118 Å². The summed E-state index contributed by atoms with van der Waals surface area (Å²) < 4.78 is 4.78. The van der Waals surface area contributed by atoms with Crippen molar-refractivity contribution in [3.8, 4) is 16.9 Å². The quantitative estimate of drug-likeness (QED) is 0.264. The molecule has 0 N–H and O–H groups in total. The normalized spacial score (nSPS) is 14.2. The second-order valence-corrected chi connectivity index (χ2v) is 10.0. The molecule has 0 aliphatic heterocycles. The molecule has 5 aromatic rings. The van der Waals surface area contributed by atoms with Crippen LogP contribution in [0.5, 0.6) is 0 Å². The van der Waals surface area contributed by atoms with E-state index in [0.717, 1.165) is 0 Å². The van der Waals surface area contributed by atoms with Crippen molar-refractivity contribution < 1.29 is 4.57 Å². The van der Waals surface area contributed by atoms with Crippen LogP contribution in [0.3, 0.4) is 0 Å². The maximum absolute atomic E-state index is 2.48. The molecular weight excluding hydrogens is 388 g/mol. The van der Waals surface area contributed by atoms with Crippen molar-refractivity contribution in [2.75, 3.05) is 0 Å². The smallest absolute Gasteiger partial charge is 0.236 e. The molecule has 158 valence electrons. The molecule has 0 bridgehead atoms. The van der Waals surface area contributed by atoms with E-state index in [1.807, 2.05) is 0 Å². The molecule has 0 saturated heterocycles. The van der Waals surface area contributed by atoms with Gasteiger partial charge in [0.05, 0.1) is 13.2 Å². The summed E-state index contributed by atoms with van der Waals surface area (Å²) in [5.41, 5.74) is 12.1. The monoisotopic (exact) mass is 417 g/mol. The van der Waals surface area contributed by atoms with Crippen molar-refractivity contribution in [1.29, 1.82) is 0 Å². The summed E-state index contributed by atoms with van der Waals surface area (Å²) in [5, 5.41) is 2.65. The highest BCUT2D eigenvalue weighted by atomic mass is 15.1. The predicted octanol–water partition coefficient (Wildman–Crippen LogP) is 6.84. The highest BCUT2D eigenvalue weighted by molar-refractivity contribution is 6.10. The lowest BCUT2D eigenvalue weighted by Crippen LogP contribution is -2.34. The topological polar surface area (TPSA) is 8.81 Å². The highest BCUT2D eigenvalue weighted by Crippen LogP contribution is 2.48. The van der Waals surface area contributed by atoms with Gasteiger partial charge in [-0.3, -0.25) is 0 Å². The average Bonchev–Trinajstić information content (AvgIpc) is 3.20. The Morgan fingerprint density at radius 3 is 2.38 bits per heavy atom. The number of aromatic nitrogens is 2. The minimum Gasteiger partial charge on any atom is -0.236 e. The second kappa shape index (κ2) is 6.32. The molecule has 0 spiro atoms. The molecule has 2 aromatic heterocycles. The molecule has 0 amide bonds. The molecule has 1 aliphatic carbocycles. The van der Waals surface area contributed by atoms with Gasteiger partial charge in [0.15, 0.2) is 0 Å². The maximum Gasteiger partial charge on any atom is 0.287 e. The third kappa shape index (κ3) is 2.38. The summed E-state index contributed by atoms with van der Waals surface area (Å²) in [6.45, 7) is 11.4. The largest absolute Gasteiger partial charge is 0.287 e. The van der Waals surface area contributed by atoms with Gasteiger partial charge in [0.2, 0.25) is 0 Å². The fourth-order valence-electron chi connectivity index (χ4n) is 5.73. The molecule has 32 heavy (non-hydrogen) atoms. The lowest BCUT2D eigenvalue weighted by molar-refractivity contribution is -0.665. The number of rotatable bonds is 1. The Hall–Kier alpha value is -3.39. The Labute approximate surface area is 189 Å². The van der Waals surface area contributed by atoms with Gasteiger partial charge < -0.3 is 0 Å². The van der Waals surface area contributed by atoms with E-state index >= 15 is 0 Å². The minimum atomic E-state index is -0.0186. The van der Waals surface area contributed by atoms with E-state index in [9.17, 15) is 0 Å². The third-order valence-corrected chi connectivity index (χ3v) is 7.65. The zero-order valence-corrected chi connectivity index (χ0v) is 19.7. The SMILES string of the molecule is Cc1ccc2c(c1)c1ccc(C)c(C)c1n2-c1cc2c(c[n+]1C)-c1ccccc1C2(C)C.